The number of nitrogens with zero attached hydrogens (tertiary/aromatic N) is 1. The van der Waals surface area contributed by atoms with Crippen LogP contribution in [0.25, 0.3) is 0 Å². The summed E-state index contributed by atoms with van der Waals surface area (Å²) < 4.78 is 25.4. The van der Waals surface area contributed by atoms with Gasteiger partial charge in [-0.2, -0.15) is 0 Å². The molecule has 1 aliphatic heterocycles. The largest absolute Gasteiger partial charge is 0.342 e. The Balaban J connectivity index is 2.21. The topological polar surface area (TPSA) is 49.4 Å². The van der Waals surface area contributed by atoms with E-state index in [1.807, 2.05) is 30.3 Å². The number of hydrogen-bond acceptors (Lipinski definition) is 2. The van der Waals surface area contributed by atoms with Gasteiger partial charge in [-0.1, -0.05) is 30.3 Å². The lowest BCUT2D eigenvalue weighted by Gasteiger charge is -2.44. The quantitative estimate of drug-likeness (QED) is 0.917. The lowest BCUT2D eigenvalue weighted by atomic mass is 9.93. The van der Waals surface area contributed by atoms with Crippen molar-refractivity contribution in [2.75, 3.05) is 6.54 Å². The molecule has 1 atom stereocenters. The summed E-state index contributed by atoms with van der Waals surface area (Å²) in [6, 6.07) is 8.35. The third-order valence-corrected chi connectivity index (χ3v) is 3.70. The van der Waals surface area contributed by atoms with Gasteiger partial charge in [-0.3, -0.25) is 9.59 Å². The Bertz CT molecular complexity index is 532. The van der Waals surface area contributed by atoms with E-state index >= 15 is 0 Å². The number of carbonyl (C=O) groups is 2. The van der Waals surface area contributed by atoms with E-state index in [1.54, 1.807) is 0 Å². The molecular weight excluding hydrogens is 278 g/mol. The number of alkyl halides is 2. The summed E-state index contributed by atoms with van der Waals surface area (Å²) in [5.74, 6) is -0.882. The Morgan fingerprint density at radius 2 is 1.86 bits per heavy atom. The zero-order valence-corrected chi connectivity index (χ0v) is 12.0. The molecule has 0 radical (unpaired) electrons. The molecule has 4 nitrogen and oxygen atoms in total. The molecule has 0 aliphatic carbocycles. The van der Waals surface area contributed by atoms with Crippen LogP contribution in [-0.4, -0.2) is 41.3 Å². The molecule has 0 aromatic heterocycles. The third kappa shape index (κ3) is 3.20. The first kappa shape index (κ1) is 15.4. The predicted octanol–water partition coefficient (Wildman–Crippen LogP) is 1.60. The molecule has 2 rings (SSSR count). The minimum absolute atomic E-state index is 0.293. The first-order chi connectivity index (χ1) is 9.82. The molecule has 1 fully saturated rings. The summed E-state index contributed by atoms with van der Waals surface area (Å²) in [6.07, 6.45) is -2.38. The molecular formula is C15H18F2N2O2. The molecule has 1 aromatic rings. The Kier molecular flexibility index (Phi) is 4.25. The van der Waals surface area contributed by atoms with Gasteiger partial charge in [-0.15, -0.1) is 0 Å². The molecule has 1 N–H and O–H groups in total. The van der Waals surface area contributed by atoms with E-state index in [-0.39, 0.29) is 0 Å². The average molecular weight is 296 g/mol. The molecule has 0 saturated carbocycles. The highest BCUT2D eigenvalue weighted by atomic mass is 19.3. The van der Waals surface area contributed by atoms with Gasteiger partial charge in [0.15, 0.2) is 0 Å². The van der Waals surface area contributed by atoms with Crippen LogP contribution in [0.4, 0.5) is 8.78 Å². The van der Waals surface area contributed by atoms with Crippen LogP contribution in [0, 0.1) is 0 Å². The number of hydrogen-bond donors (Lipinski definition) is 1. The standard InChI is InChI=1S/C15H18F2N2O2/c1-15(2)14(21)18-11(8-10-6-4-3-5-7-10)13(20)19(15)9-12(16)17/h3-7,11-12H,8-9H2,1-2H3,(H,18,21). The van der Waals surface area contributed by atoms with Crippen LogP contribution in [0.3, 0.4) is 0 Å². The fourth-order valence-electron chi connectivity index (χ4n) is 2.43. The van der Waals surface area contributed by atoms with E-state index < -0.39 is 36.4 Å². The highest BCUT2D eigenvalue weighted by Gasteiger charge is 2.46. The van der Waals surface area contributed by atoms with Crippen molar-refractivity contribution in [3.8, 4) is 0 Å². The van der Waals surface area contributed by atoms with E-state index in [4.69, 9.17) is 0 Å². The maximum Gasteiger partial charge on any atom is 0.255 e. The van der Waals surface area contributed by atoms with Gasteiger partial charge in [-0.05, 0) is 19.4 Å². The Hall–Kier alpha value is -1.98. The minimum atomic E-state index is -2.67. The van der Waals surface area contributed by atoms with Crippen molar-refractivity contribution in [3.63, 3.8) is 0 Å². The molecule has 0 bridgehead atoms. The van der Waals surface area contributed by atoms with Crippen molar-refractivity contribution in [1.82, 2.24) is 10.2 Å². The van der Waals surface area contributed by atoms with Crippen LogP contribution in [0.5, 0.6) is 0 Å². The van der Waals surface area contributed by atoms with E-state index in [0.717, 1.165) is 10.5 Å². The van der Waals surface area contributed by atoms with Crippen LogP contribution >= 0.6 is 0 Å². The van der Waals surface area contributed by atoms with Crippen molar-refractivity contribution in [1.29, 1.82) is 0 Å². The van der Waals surface area contributed by atoms with Crippen molar-refractivity contribution in [2.24, 2.45) is 0 Å². The first-order valence-corrected chi connectivity index (χ1v) is 6.77. The molecule has 6 heteroatoms. The van der Waals surface area contributed by atoms with Crippen LogP contribution in [0.1, 0.15) is 19.4 Å². The van der Waals surface area contributed by atoms with Crippen LogP contribution in [0.15, 0.2) is 30.3 Å². The molecule has 1 aliphatic rings. The molecule has 0 spiro atoms. The highest BCUT2D eigenvalue weighted by molar-refractivity contribution is 5.99. The number of halogens is 2. The molecule has 1 unspecified atom stereocenters. The monoisotopic (exact) mass is 296 g/mol. The van der Waals surface area contributed by atoms with Gasteiger partial charge in [0, 0.05) is 6.42 Å². The fraction of sp³-hybridized carbons (Fsp3) is 0.467. The van der Waals surface area contributed by atoms with Crippen molar-refractivity contribution >= 4 is 11.8 Å². The molecule has 114 valence electrons. The molecule has 21 heavy (non-hydrogen) atoms. The van der Waals surface area contributed by atoms with E-state index in [9.17, 15) is 18.4 Å². The van der Waals surface area contributed by atoms with Crippen LogP contribution in [-0.2, 0) is 16.0 Å². The molecule has 1 heterocycles. The number of amides is 2. The van der Waals surface area contributed by atoms with Gasteiger partial charge in [-0.25, -0.2) is 8.78 Å². The predicted molar refractivity (Wildman–Crippen MR) is 73.9 cm³/mol. The van der Waals surface area contributed by atoms with Crippen molar-refractivity contribution in [3.05, 3.63) is 35.9 Å². The second-order valence-corrected chi connectivity index (χ2v) is 5.61. The van der Waals surface area contributed by atoms with Crippen LogP contribution < -0.4 is 5.32 Å². The van der Waals surface area contributed by atoms with E-state index in [1.165, 1.54) is 13.8 Å². The first-order valence-electron chi connectivity index (χ1n) is 6.77. The second kappa shape index (κ2) is 5.79. The Labute approximate surface area is 122 Å². The van der Waals surface area contributed by atoms with Gasteiger partial charge in [0.1, 0.15) is 11.6 Å². The number of rotatable bonds is 4. The van der Waals surface area contributed by atoms with Gasteiger partial charge in [0.05, 0.1) is 6.54 Å². The number of piperazine rings is 1. The summed E-state index contributed by atoms with van der Waals surface area (Å²) in [7, 11) is 0. The van der Waals surface area contributed by atoms with Gasteiger partial charge in [0.25, 0.3) is 6.43 Å². The summed E-state index contributed by atoms with van der Waals surface area (Å²) in [5, 5.41) is 2.63. The number of nitrogens with one attached hydrogen (secondary N) is 1. The molecule has 2 amide bonds. The second-order valence-electron chi connectivity index (χ2n) is 5.61. The summed E-state index contributed by atoms with van der Waals surface area (Å²) in [6.45, 7) is 2.22. The Morgan fingerprint density at radius 3 is 2.43 bits per heavy atom. The zero-order valence-electron chi connectivity index (χ0n) is 12.0. The third-order valence-electron chi connectivity index (χ3n) is 3.70. The average Bonchev–Trinajstić information content (AvgIpc) is 2.42. The molecule has 1 saturated heterocycles. The number of carbonyl (C=O) groups excluding carboxylic acids is 2. The lowest BCUT2D eigenvalue weighted by molar-refractivity contribution is -0.157. The maximum atomic E-state index is 12.7. The van der Waals surface area contributed by atoms with E-state index in [2.05, 4.69) is 5.32 Å². The van der Waals surface area contributed by atoms with Crippen molar-refractivity contribution in [2.45, 2.75) is 38.3 Å². The van der Waals surface area contributed by atoms with Gasteiger partial charge >= 0.3 is 0 Å². The summed E-state index contributed by atoms with van der Waals surface area (Å²) >= 11 is 0. The normalized spacial score (nSPS) is 21.6. The smallest absolute Gasteiger partial charge is 0.255 e. The minimum Gasteiger partial charge on any atom is -0.342 e. The maximum absolute atomic E-state index is 12.7. The van der Waals surface area contributed by atoms with Crippen molar-refractivity contribution < 1.29 is 18.4 Å². The van der Waals surface area contributed by atoms with E-state index in [0.29, 0.717) is 6.42 Å². The highest BCUT2D eigenvalue weighted by Crippen LogP contribution is 2.23. The summed E-state index contributed by atoms with van der Waals surface area (Å²) in [4.78, 5) is 25.5. The number of benzene rings is 1. The fourth-order valence-corrected chi connectivity index (χ4v) is 2.43. The SMILES string of the molecule is CC1(C)C(=O)NC(Cc2ccccc2)C(=O)N1CC(F)F. The Morgan fingerprint density at radius 1 is 1.24 bits per heavy atom. The zero-order chi connectivity index (χ0) is 15.6. The summed E-state index contributed by atoms with van der Waals surface area (Å²) in [5.41, 5.74) is -0.395. The molecule has 1 aromatic carbocycles. The van der Waals surface area contributed by atoms with Crippen LogP contribution in [0.2, 0.25) is 0 Å². The lowest BCUT2D eigenvalue weighted by Crippen LogP contribution is -2.69. The van der Waals surface area contributed by atoms with Gasteiger partial charge < -0.3 is 10.2 Å². The van der Waals surface area contributed by atoms with Gasteiger partial charge in [0.2, 0.25) is 11.8 Å².